The quantitative estimate of drug-likeness (QED) is 0.0345. The number of hydrogen-bond acceptors (Lipinski definition) is 6. The fourth-order valence-electron chi connectivity index (χ4n) is 8.22. The molecule has 0 saturated carbocycles. The average Bonchev–Trinajstić information content (AvgIpc) is 3.23. The lowest BCUT2D eigenvalue weighted by molar-refractivity contribution is -0.167. The van der Waals surface area contributed by atoms with E-state index in [1.54, 1.807) is 0 Å². The molecule has 6 heteroatoms. The second-order valence-corrected chi connectivity index (χ2v) is 19.0. The van der Waals surface area contributed by atoms with Crippen molar-refractivity contribution in [3.05, 3.63) is 0 Å². The Balaban J connectivity index is 4.26. The summed E-state index contributed by atoms with van der Waals surface area (Å²) in [6, 6.07) is 0. The number of ether oxygens (including phenoxy) is 3. The first kappa shape index (κ1) is 58.4. The van der Waals surface area contributed by atoms with Gasteiger partial charge in [0.1, 0.15) is 13.2 Å². The van der Waals surface area contributed by atoms with Gasteiger partial charge in [-0.3, -0.25) is 14.4 Å². The topological polar surface area (TPSA) is 78.9 Å². The molecule has 0 rings (SSSR count). The Kier molecular flexibility index (Phi) is 47.2. The van der Waals surface area contributed by atoms with Gasteiger partial charge in [0.05, 0.1) is 0 Å². The third-order valence-electron chi connectivity index (χ3n) is 12.3. The Labute approximate surface area is 374 Å². The second-order valence-electron chi connectivity index (χ2n) is 19.0. The molecule has 0 heterocycles. The molecule has 0 saturated heterocycles. The van der Waals surface area contributed by atoms with Crippen molar-refractivity contribution in [2.24, 2.45) is 5.92 Å². The van der Waals surface area contributed by atoms with E-state index in [4.69, 9.17) is 14.2 Å². The number of carbonyl (C=O) groups excluding carboxylic acids is 3. The van der Waals surface area contributed by atoms with Crippen LogP contribution in [0.5, 0.6) is 0 Å². The summed E-state index contributed by atoms with van der Waals surface area (Å²) < 4.78 is 16.8. The summed E-state index contributed by atoms with van der Waals surface area (Å²) >= 11 is 0. The van der Waals surface area contributed by atoms with E-state index in [2.05, 4.69) is 27.7 Å². The van der Waals surface area contributed by atoms with Gasteiger partial charge in [-0.05, 0) is 25.2 Å². The first-order valence-electron chi connectivity index (χ1n) is 26.9. The fourth-order valence-corrected chi connectivity index (χ4v) is 8.22. The molecule has 0 aliphatic carbocycles. The van der Waals surface area contributed by atoms with Crippen molar-refractivity contribution in [3.8, 4) is 0 Å². The third-order valence-corrected chi connectivity index (χ3v) is 12.3. The van der Waals surface area contributed by atoms with E-state index in [0.717, 1.165) is 63.7 Å². The van der Waals surface area contributed by atoms with Crippen LogP contribution < -0.4 is 0 Å². The summed E-state index contributed by atoms with van der Waals surface area (Å²) in [5.41, 5.74) is 0. The highest BCUT2D eigenvalue weighted by molar-refractivity contribution is 5.71. The molecule has 0 amide bonds. The van der Waals surface area contributed by atoms with Crippen molar-refractivity contribution in [2.75, 3.05) is 13.2 Å². The minimum Gasteiger partial charge on any atom is -0.462 e. The van der Waals surface area contributed by atoms with Gasteiger partial charge < -0.3 is 14.2 Å². The van der Waals surface area contributed by atoms with Gasteiger partial charge in [-0.15, -0.1) is 0 Å². The van der Waals surface area contributed by atoms with Crippen LogP contribution in [0.1, 0.15) is 304 Å². The zero-order valence-electron chi connectivity index (χ0n) is 40.9. The van der Waals surface area contributed by atoms with Gasteiger partial charge in [-0.25, -0.2) is 0 Å². The maximum atomic E-state index is 12.8. The SMILES string of the molecule is CCCCCCCCCCCCCCCCCCCCCC(=O)O[C@H](COC(=O)CCCCCCCCCCCCC)COC(=O)CCCCCCCCCCCC(C)C. The molecular formula is C54H104O6. The Morgan fingerprint density at radius 3 is 0.817 bits per heavy atom. The molecule has 1 atom stereocenters. The smallest absolute Gasteiger partial charge is 0.306 e. The summed E-state index contributed by atoms with van der Waals surface area (Å²) in [5, 5.41) is 0. The maximum absolute atomic E-state index is 12.8. The van der Waals surface area contributed by atoms with Crippen molar-refractivity contribution < 1.29 is 28.6 Å². The highest BCUT2D eigenvalue weighted by atomic mass is 16.6. The minimum atomic E-state index is -0.761. The number of hydrogen-bond donors (Lipinski definition) is 0. The molecule has 356 valence electrons. The predicted octanol–water partition coefficient (Wildman–Crippen LogP) is 17.5. The summed E-state index contributed by atoms with van der Waals surface area (Å²) in [4.78, 5) is 37.9. The fraction of sp³-hybridized carbons (Fsp3) is 0.944. The average molecular weight is 849 g/mol. The van der Waals surface area contributed by atoms with Crippen LogP contribution in [0, 0.1) is 5.92 Å². The van der Waals surface area contributed by atoms with E-state index in [1.807, 2.05) is 0 Å². The van der Waals surface area contributed by atoms with E-state index < -0.39 is 6.10 Å². The van der Waals surface area contributed by atoms with Crippen molar-refractivity contribution in [2.45, 2.75) is 310 Å². The van der Waals surface area contributed by atoms with Crippen LogP contribution in [0.4, 0.5) is 0 Å². The molecular weight excluding hydrogens is 745 g/mol. The molecule has 0 aromatic rings. The lowest BCUT2D eigenvalue weighted by Crippen LogP contribution is -2.30. The molecule has 6 nitrogen and oxygen atoms in total. The Morgan fingerprint density at radius 2 is 0.550 bits per heavy atom. The van der Waals surface area contributed by atoms with Crippen LogP contribution >= 0.6 is 0 Å². The number of carbonyl (C=O) groups is 3. The predicted molar refractivity (Wildman–Crippen MR) is 257 cm³/mol. The molecule has 0 aromatic carbocycles. The molecule has 0 aromatic heterocycles. The Morgan fingerprint density at radius 1 is 0.317 bits per heavy atom. The van der Waals surface area contributed by atoms with Crippen LogP contribution in [-0.2, 0) is 28.6 Å². The Bertz CT molecular complexity index is 903. The standard InChI is InChI=1S/C54H104O6/c1-5-7-9-11-13-15-17-18-19-20-21-22-23-24-26-30-35-39-43-47-54(57)60-51(48-58-52(55)45-41-37-33-29-25-16-14-12-10-8-6-2)49-59-53(56)46-42-38-34-31-27-28-32-36-40-44-50(3)4/h50-51H,5-49H2,1-4H3/t51-/m1/s1. The van der Waals surface area contributed by atoms with Crippen LogP contribution in [0.25, 0.3) is 0 Å². The van der Waals surface area contributed by atoms with Crippen LogP contribution in [0.2, 0.25) is 0 Å². The Hall–Kier alpha value is -1.59. The lowest BCUT2D eigenvalue weighted by atomic mass is 10.0. The summed E-state index contributed by atoms with van der Waals surface area (Å²) in [6.07, 6.45) is 50.9. The number of esters is 3. The molecule has 60 heavy (non-hydrogen) atoms. The lowest BCUT2D eigenvalue weighted by Gasteiger charge is -2.18. The maximum Gasteiger partial charge on any atom is 0.306 e. The van der Waals surface area contributed by atoms with Crippen molar-refractivity contribution in [1.29, 1.82) is 0 Å². The van der Waals surface area contributed by atoms with Gasteiger partial charge in [0.15, 0.2) is 6.10 Å². The third kappa shape index (κ3) is 47.5. The summed E-state index contributed by atoms with van der Waals surface area (Å²) in [5.74, 6) is -0.0357. The first-order chi connectivity index (χ1) is 29.4. The van der Waals surface area contributed by atoms with Crippen molar-refractivity contribution in [3.63, 3.8) is 0 Å². The monoisotopic (exact) mass is 849 g/mol. The highest BCUT2D eigenvalue weighted by Crippen LogP contribution is 2.17. The van der Waals surface area contributed by atoms with Gasteiger partial charge in [-0.2, -0.15) is 0 Å². The first-order valence-corrected chi connectivity index (χ1v) is 26.9. The largest absolute Gasteiger partial charge is 0.462 e. The zero-order valence-corrected chi connectivity index (χ0v) is 40.9. The van der Waals surface area contributed by atoms with Crippen LogP contribution in [0.15, 0.2) is 0 Å². The second kappa shape index (κ2) is 48.4. The molecule has 0 N–H and O–H groups in total. The molecule has 0 radical (unpaired) electrons. The number of rotatable bonds is 49. The summed E-state index contributed by atoms with van der Waals surface area (Å²) in [6.45, 7) is 9.01. The molecule has 0 fully saturated rings. The minimum absolute atomic E-state index is 0.0629. The van der Waals surface area contributed by atoms with Crippen molar-refractivity contribution in [1.82, 2.24) is 0 Å². The normalized spacial score (nSPS) is 11.9. The van der Waals surface area contributed by atoms with E-state index in [0.29, 0.717) is 19.3 Å². The van der Waals surface area contributed by atoms with E-state index in [-0.39, 0.29) is 31.1 Å². The zero-order chi connectivity index (χ0) is 43.8. The summed E-state index contributed by atoms with van der Waals surface area (Å²) in [7, 11) is 0. The molecule has 0 spiro atoms. The van der Waals surface area contributed by atoms with Crippen molar-refractivity contribution >= 4 is 17.9 Å². The van der Waals surface area contributed by atoms with Gasteiger partial charge in [0.25, 0.3) is 0 Å². The van der Waals surface area contributed by atoms with Gasteiger partial charge in [-0.1, -0.05) is 265 Å². The van der Waals surface area contributed by atoms with E-state index in [1.165, 1.54) is 199 Å². The highest BCUT2D eigenvalue weighted by Gasteiger charge is 2.19. The molecule has 0 unspecified atom stereocenters. The molecule has 0 aliphatic rings. The van der Waals surface area contributed by atoms with Gasteiger partial charge >= 0.3 is 17.9 Å². The van der Waals surface area contributed by atoms with Crippen LogP contribution in [0.3, 0.4) is 0 Å². The van der Waals surface area contributed by atoms with Crippen LogP contribution in [-0.4, -0.2) is 37.2 Å². The van der Waals surface area contributed by atoms with Gasteiger partial charge in [0.2, 0.25) is 0 Å². The van der Waals surface area contributed by atoms with Gasteiger partial charge in [0, 0.05) is 19.3 Å². The molecule has 0 aliphatic heterocycles. The molecule has 0 bridgehead atoms. The number of unbranched alkanes of at least 4 members (excludes halogenated alkanes) is 36. The van der Waals surface area contributed by atoms with E-state index >= 15 is 0 Å². The van der Waals surface area contributed by atoms with E-state index in [9.17, 15) is 14.4 Å².